The average molecular weight is 479 g/mol. The van der Waals surface area contributed by atoms with Gasteiger partial charge in [-0.15, -0.1) is 0 Å². The first-order valence-electron chi connectivity index (χ1n) is 13.6. The van der Waals surface area contributed by atoms with Gasteiger partial charge in [0.25, 0.3) is 0 Å². The fourth-order valence-corrected chi connectivity index (χ4v) is 6.35. The number of benzene rings is 2. The van der Waals surface area contributed by atoms with Crippen molar-refractivity contribution in [2.45, 2.75) is 38.3 Å². The molecule has 3 fully saturated rings. The largest absolute Gasteiger partial charge is 0.379 e. The number of fused-ring (bicyclic) bond motifs is 1. The monoisotopic (exact) mass is 478 g/mol. The average Bonchev–Trinajstić information content (AvgIpc) is 3.12. The topological polar surface area (TPSA) is 39.3 Å². The molecule has 0 aliphatic carbocycles. The molecule has 35 heavy (non-hydrogen) atoms. The van der Waals surface area contributed by atoms with E-state index in [4.69, 9.17) is 4.74 Å². The number of amides is 1. The van der Waals surface area contributed by atoms with Crippen molar-refractivity contribution in [3.63, 3.8) is 0 Å². The molecule has 3 saturated heterocycles. The van der Waals surface area contributed by atoms with Gasteiger partial charge in [0.2, 0.25) is 5.91 Å². The predicted molar refractivity (Wildman–Crippen MR) is 141 cm³/mol. The highest BCUT2D eigenvalue weighted by molar-refractivity contribution is 5.85. The molecular formula is C29H42N4O2. The number of hydrogen-bond donors (Lipinski definition) is 0. The number of ether oxygens (including phenoxy) is 1. The number of hydrogen-bond acceptors (Lipinski definition) is 5. The fraction of sp³-hybridized carbons (Fsp3) is 0.621. The normalized spacial score (nSPS) is 25.6. The molecule has 6 nitrogen and oxygen atoms in total. The van der Waals surface area contributed by atoms with Crippen LogP contribution in [0.2, 0.25) is 0 Å². The van der Waals surface area contributed by atoms with Gasteiger partial charge in [-0.2, -0.15) is 0 Å². The van der Waals surface area contributed by atoms with Crippen LogP contribution >= 0.6 is 0 Å². The molecule has 2 aromatic rings. The Morgan fingerprint density at radius 3 is 2.66 bits per heavy atom. The van der Waals surface area contributed by atoms with E-state index in [0.29, 0.717) is 24.3 Å². The molecule has 6 heteroatoms. The highest BCUT2D eigenvalue weighted by Crippen LogP contribution is 2.29. The van der Waals surface area contributed by atoms with E-state index in [0.717, 1.165) is 85.0 Å². The van der Waals surface area contributed by atoms with E-state index in [1.807, 2.05) is 0 Å². The molecule has 2 aromatic carbocycles. The van der Waals surface area contributed by atoms with Crippen LogP contribution in [0.25, 0.3) is 10.8 Å². The van der Waals surface area contributed by atoms with Crippen molar-refractivity contribution < 1.29 is 9.53 Å². The second kappa shape index (κ2) is 11.8. The third-order valence-electron chi connectivity index (χ3n) is 8.37. The van der Waals surface area contributed by atoms with Crippen LogP contribution in [0.3, 0.4) is 0 Å². The van der Waals surface area contributed by atoms with Crippen LogP contribution in [0.15, 0.2) is 42.5 Å². The molecule has 0 N–H and O–H groups in total. The SMILES string of the molecule is CN1CCCN(C(=O)CC[C@H]2CN(Cc3cccc4ccccc34)CC[C@H]2N2CCOCC2)CC1. The lowest BCUT2D eigenvalue weighted by Gasteiger charge is -2.45. The second-order valence-electron chi connectivity index (χ2n) is 10.7. The molecule has 5 rings (SSSR count). The summed E-state index contributed by atoms with van der Waals surface area (Å²) in [6.07, 6.45) is 3.93. The first kappa shape index (κ1) is 24.7. The first-order chi connectivity index (χ1) is 17.2. The van der Waals surface area contributed by atoms with Gasteiger partial charge in [0.1, 0.15) is 0 Å². The van der Waals surface area contributed by atoms with Gasteiger partial charge < -0.3 is 14.5 Å². The molecule has 190 valence electrons. The van der Waals surface area contributed by atoms with E-state index < -0.39 is 0 Å². The van der Waals surface area contributed by atoms with Crippen molar-refractivity contribution in [1.82, 2.24) is 19.6 Å². The minimum Gasteiger partial charge on any atom is -0.379 e. The van der Waals surface area contributed by atoms with Crippen molar-refractivity contribution >= 4 is 16.7 Å². The van der Waals surface area contributed by atoms with E-state index in [1.54, 1.807) is 0 Å². The van der Waals surface area contributed by atoms with Crippen molar-refractivity contribution in [3.8, 4) is 0 Å². The predicted octanol–water partition coefficient (Wildman–Crippen LogP) is 3.31. The van der Waals surface area contributed by atoms with Crippen molar-refractivity contribution in [1.29, 1.82) is 0 Å². The minimum atomic E-state index is 0.354. The van der Waals surface area contributed by atoms with Gasteiger partial charge >= 0.3 is 0 Å². The number of morpholine rings is 1. The molecule has 0 radical (unpaired) electrons. The Morgan fingerprint density at radius 1 is 0.943 bits per heavy atom. The van der Waals surface area contributed by atoms with Crippen LogP contribution in [0.1, 0.15) is 31.2 Å². The number of likely N-dealkylation sites (N-methyl/N-ethyl adjacent to an activating group) is 1. The Balaban J connectivity index is 1.25. The smallest absolute Gasteiger partial charge is 0.222 e. The molecule has 0 saturated carbocycles. The summed E-state index contributed by atoms with van der Waals surface area (Å²) in [5.41, 5.74) is 1.41. The van der Waals surface area contributed by atoms with Gasteiger partial charge in [-0.1, -0.05) is 42.5 Å². The van der Waals surface area contributed by atoms with Crippen LogP contribution in [-0.4, -0.2) is 104 Å². The minimum absolute atomic E-state index is 0.354. The lowest BCUT2D eigenvalue weighted by Crippen LogP contribution is -2.54. The number of carbonyl (C=O) groups excluding carboxylic acids is 1. The van der Waals surface area contributed by atoms with Gasteiger partial charge in [-0.05, 0) is 61.7 Å². The fourth-order valence-electron chi connectivity index (χ4n) is 6.35. The summed E-state index contributed by atoms with van der Waals surface area (Å²) in [6, 6.07) is 16.0. The van der Waals surface area contributed by atoms with E-state index in [1.165, 1.54) is 22.8 Å². The van der Waals surface area contributed by atoms with Crippen LogP contribution in [0.5, 0.6) is 0 Å². The molecule has 2 atom stereocenters. The Kier molecular flexibility index (Phi) is 8.35. The first-order valence-corrected chi connectivity index (χ1v) is 13.6. The molecule has 3 heterocycles. The highest BCUT2D eigenvalue weighted by Gasteiger charge is 2.34. The Hall–Kier alpha value is -1.99. The maximum atomic E-state index is 13.2. The van der Waals surface area contributed by atoms with E-state index in [2.05, 4.69) is 69.1 Å². The lowest BCUT2D eigenvalue weighted by atomic mass is 9.86. The van der Waals surface area contributed by atoms with Gasteiger partial charge in [0.15, 0.2) is 0 Å². The molecule has 3 aliphatic heterocycles. The number of likely N-dealkylation sites (tertiary alicyclic amines) is 1. The summed E-state index contributed by atoms with van der Waals surface area (Å²) in [5.74, 6) is 0.877. The lowest BCUT2D eigenvalue weighted by molar-refractivity contribution is -0.131. The van der Waals surface area contributed by atoms with Crippen LogP contribution in [-0.2, 0) is 16.1 Å². The van der Waals surface area contributed by atoms with Crippen LogP contribution in [0, 0.1) is 5.92 Å². The summed E-state index contributed by atoms with van der Waals surface area (Å²) in [7, 11) is 2.16. The molecule has 0 spiro atoms. The van der Waals surface area contributed by atoms with E-state index >= 15 is 0 Å². The van der Waals surface area contributed by atoms with Gasteiger partial charge in [0, 0.05) is 58.3 Å². The molecule has 1 amide bonds. The molecular weight excluding hydrogens is 436 g/mol. The maximum absolute atomic E-state index is 13.2. The highest BCUT2D eigenvalue weighted by atomic mass is 16.5. The molecule has 0 unspecified atom stereocenters. The van der Waals surface area contributed by atoms with Gasteiger partial charge in [0.05, 0.1) is 13.2 Å². The summed E-state index contributed by atoms with van der Waals surface area (Å²) in [5, 5.41) is 2.68. The number of carbonyl (C=O) groups is 1. The zero-order valence-electron chi connectivity index (χ0n) is 21.4. The van der Waals surface area contributed by atoms with Crippen LogP contribution in [0.4, 0.5) is 0 Å². The summed E-state index contributed by atoms with van der Waals surface area (Å²) in [6.45, 7) is 10.8. The Morgan fingerprint density at radius 2 is 1.77 bits per heavy atom. The summed E-state index contributed by atoms with van der Waals surface area (Å²) in [4.78, 5) is 22.9. The quantitative estimate of drug-likeness (QED) is 0.637. The standard InChI is InChI=1S/C29H42N4O2/c1-30-13-5-14-33(17-16-30)29(34)11-10-26-23-31(15-12-28(26)32-18-20-35-21-19-32)22-25-8-4-7-24-6-2-3-9-27(24)25/h2-4,6-9,26,28H,5,10-23H2,1H3/t26-,28+/m0/s1. The van der Waals surface area contributed by atoms with Crippen molar-refractivity contribution in [2.75, 3.05) is 72.6 Å². The number of rotatable bonds is 6. The summed E-state index contributed by atoms with van der Waals surface area (Å²) < 4.78 is 5.65. The number of nitrogens with zero attached hydrogens (tertiary/aromatic N) is 4. The maximum Gasteiger partial charge on any atom is 0.222 e. The Labute approximate surface area is 210 Å². The number of piperidine rings is 1. The third kappa shape index (κ3) is 6.23. The summed E-state index contributed by atoms with van der Waals surface area (Å²) >= 11 is 0. The molecule has 0 aromatic heterocycles. The van der Waals surface area contributed by atoms with E-state index in [-0.39, 0.29) is 0 Å². The third-order valence-corrected chi connectivity index (χ3v) is 8.37. The Bertz CT molecular complexity index is 971. The zero-order chi connectivity index (χ0) is 24.0. The van der Waals surface area contributed by atoms with E-state index in [9.17, 15) is 4.79 Å². The van der Waals surface area contributed by atoms with Gasteiger partial charge in [-0.25, -0.2) is 0 Å². The second-order valence-corrected chi connectivity index (χ2v) is 10.7. The zero-order valence-corrected chi connectivity index (χ0v) is 21.4. The van der Waals surface area contributed by atoms with Crippen molar-refractivity contribution in [2.24, 2.45) is 5.92 Å². The van der Waals surface area contributed by atoms with Gasteiger partial charge in [-0.3, -0.25) is 14.6 Å². The van der Waals surface area contributed by atoms with Crippen molar-refractivity contribution in [3.05, 3.63) is 48.0 Å². The molecule has 3 aliphatic rings. The molecule has 0 bridgehead atoms. The van der Waals surface area contributed by atoms with Crippen LogP contribution < -0.4 is 0 Å².